The van der Waals surface area contributed by atoms with Crippen molar-refractivity contribution in [2.45, 2.75) is 32.7 Å². The van der Waals surface area contributed by atoms with Gasteiger partial charge in [-0.3, -0.25) is 4.79 Å². The number of nitrogens with zero attached hydrogens (tertiary/aromatic N) is 3. The van der Waals surface area contributed by atoms with Crippen LogP contribution in [-0.2, 0) is 12.0 Å². The molecular weight excluding hydrogens is 300 g/mol. The summed E-state index contributed by atoms with van der Waals surface area (Å²) in [7, 11) is 4.02. The second-order valence-corrected chi connectivity index (χ2v) is 7.43. The first kappa shape index (κ1) is 18.2. The zero-order valence-corrected chi connectivity index (χ0v) is 15.3. The molecule has 0 aliphatic heterocycles. The average Bonchev–Trinajstić information content (AvgIpc) is 3.03. The lowest BCUT2D eigenvalue weighted by Crippen LogP contribution is -2.36. The van der Waals surface area contributed by atoms with Crippen LogP contribution >= 0.6 is 0 Å². The fourth-order valence-electron chi connectivity index (χ4n) is 2.45. The van der Waals surface area contributed by atoms with Crippen LogP contribution in [0.25, 0.3) is 0 Å². The van der Waals surface area contributed by atoms with Crippen LogP contribution < -0.4 is 0 Å². The third-order valence-electron chi connectivity index (χ3n) is 4.02. The van der Waals surface area contributed by atoms with Crippen LogP contribution in [-0.4, -0.2) is 52.9 Å². The van der Waals surface area contributed by atoms with Gasteiger partial charge in [0.1, 0.15) is 0 Å². The van der Waals surface area contributed by atoms with Gasteiger partial charge in [0.2, 0.25) is 0 Å². The van der Waals surface area contributed by atoms with E-state index in [2.05, 4.69) is 35.6 Å². The Morgan fingerprint density at radius 3 is 2.29 bits per heavy atom. The van der Waals surface area contributed by atoms with Gasteiger partial charge in [-0.05, 0) is 37.2 Å². The minimum atomic E-state index is 0.0481. The smallest absolute Gasteiger partial charge is 0.254 e. The van der Waals surface area contributed by atoms with E-state index in [1.165, 1.54) is 5.56 Å². The minimum absolute atomic E-state index is 0.0481. The number of rotatable bonds is 6. The molecule has 1 amide bonds. The first-order valence-corrected chi connectivity index (χ1v) is 8.29. The van der Waals surface area contributed by atoms with Crippen molar-refractivity contribution < 1.29 is 4.79 Å². The standard InChI is InChI=1S/C19H28N4O/c1-19(2,3)16-8-6-15(7-9-16)18(24)23(11-10-22(4)5)13-17-12-20-14-21-17/h6-9,12,14H,10-11,13H2,1-5H3,(H,20,21). The highest BCUT2D eigenvalue weighted by molar-refractivity contribution is 5.94. The number of aromatic nitrogens is 2. The van der Waals surface area contributed by atoms with Crippen LogP contribution in [0.4, 0.5) is 0 Å². The zero-order valence-electron chi connectivity index (χ0n) is 15.3. The number of likely N-dealkylation sites (N-methyl/N-ethyl adjacent to an activating group) is 1. The third-order valence-corrected chi connectivity index (χ3v) is 4.02. The summed E-state index contributed by atoms with van der Waals surface area (Å²) in [5.74, 6) is 0.0481. The molecule has 130 valence electrons. The number of hydrogen-bond donors (Lipinski definition) is 1. The van der Waals surface area contributed by atoms with E-state index in [0.717, 1.165) is 17.8 Å². The molecule has 0 bridgehead atoms. The van der Waals surface area contributed by atoms with Gasteiger partial charge in [-0.1, -0.05) is 32.9 Å². The molecule has 0 aliphatic rings. The molecule has 1 N–H and O–H groups in total. The van der Waals surface area contributed by atoms with E-state index < -0.39 is 0 Å². The van der Waals surface area contributed by atoms with Gasteiger partial charge in [-0.25, -0.2) is 4.98 Å². The Bertz CT molecular complexity index is 639. The monoisotopic (exact) mass is 328 g/mol. The minimum Gasteiger partial charge on any atom is -0.347 e. The maximum Gasteiger partial charge on any atom is 0.254 e. The van der Waals surface area contributed by atoms with E-state index in [1.807, 2.05) is 43.3 Å². The molecule has 24 heavy (non-hydrogen) atoms. The molecule has 5 heteroatoms. The summed E-state index contributed by atoms with van der Waals surface area (Å²) in [5.41, 5.74) is 2.98. The molecule has 0 radical (unpaired) electrons. The summed E-state index contributed by atoms with van der Waals surface area (Å²) in [6.07, 6.45) is 3.40. The maximum atomic E-state index is 12.9. The first-order valence-electron chi connectivity index (χ1n) is 8.29. The molecule has 0 saturated heterocycles. The summed E-state index contributed by atoms with van der Waals surface area (Å²) in [4.78, 5) is 24.0. The van der Waals surface area contributed by atoms with Crippen molar-refractivity contribution in [2.24, 2.45) is 0 Å². The maximum absolute atomic E-state index is 12.9. The fraction of sp³-hybridized carbons (Fsp3) is 0.474. The van der Waals surface area contributed by atoms with Gasteiger partial charge < -0.3 is 14.8 Å². The predicted molar refractivity (Wildman–Crippen MR) is 97.0 cm³/mol. The van der Waals surface area contributed by atoms with Crippen molar-refractivity contribution in [3.63, 3.8) is 0 Å². The number of nitrogens with one attached hydrogen (secondary N) is 1. The van der Waals surface area contributed by atoms with Crippen molar-refractivity contribution in [3.05, 3.63) is 53.6 Å². The molecule has 1 aromatic heterocycles. The van der Waals surface area contributed by atoms with Gasteiger partial charge in [0.05, 0.1) is 18.6 Å². The van der Waals surface area contributed by atoms with Crippen molar-refractivity contribution in [2.75, 3.05) is 27.2 Å². The highest BCUT2D eigenvalue weighted by Crippen LogP contribution is 2.22. The zero-order chi connectivity index (χ0) is 17.7. The SMILES string of the molecule is CN(C)CCN(Cc1cnc[nH]1)C(=O)c1ccc(C(C)(C)C)cc1. The van der Waals surface area contributed by atoms with E-state index >= 15 is 0 Å². The lowest BCUT2D eigenvalue weighted by atomic mass is 9.86. The Morgan fingerprint density at radius 1 is 1.12 bits per heavy atom. The number of imidazole rings is 1. The van der Waals surface area contributed by atoms with Gasteiger partial charge in [0, 0.05) is 24.8 Å². The van der Waals surface area contributed by atoms with E-state index in [1.54, 1.807) is 12.5 Å². The van der Waals surface area contributed by atoms with E-state index in [-0.39, 0.29) is 11.3 Å². The third kappa shape index (κ3) is 4.93. The van der Waals surface area contributed by atoms with Crippen molar-refractivity contribution in [3.8, 4) is 0 Å². The molecular formula is C19H28N4O. The van der Waals surface area contributed by atoms with Gasteiger partial charge in [-0.2, -0.15) is 0 Å². The lowest BCUT2D eigenvalue weighted by Gasteiger charge is -2.25. The van der Waals surface area contributed by atoms with Gasteiger partial charge in [-0.15, -0.1) is 0 Å². The van der Waals surface area contributed by atoms with Crippen LogP contribution in [0.3, 0.4) is 0 Å². The number of aromatic amines is 1. The normalized spacial score (nSPS) is 11.8. The number of amides is 1. The van der Waals surface area contributed by atoms with Crippen molar-refractivity contribution >= 4 is 5.91 Å². The molecule has 0 saturated carbocycles. The summed E-state index contributed by atoms with van der Waals surface area (Å²) < 4.78 is 0. The second-order valence-electron chi connectivity index (χ2n) is 7.43. The second kappa shape index (κ2) is 7.62. The lowest BCUT2D eigenvalue weighted by molar-refractivity contribution is 0.0730. The fourth-order valence-corrected chi connectivity index (χ4v) is 2.45. The topological polar surface area (TPSA) is 52.2 Å². The number of benzene rings is 1. The first-order chi connectivity index (χ1) is 11.3. The van der Waals surface area contributed by atoms with Crippen LogP contribution in [0.5, 0.6) is 0 Å². The molecule has 0 aliphatic carbocycles. The molecule has 2 aromatic rings. The van der Waals surface area contributed by atoms with Gasteiger partial charge >= 0.3 is 0 Å². The average molecular weight is 328 g/mol. The largest absolute Gasteiger partial charge is 0.347 e. The van der Waals surface area contributed by atoms with Crippen molar-refractivity contribution in [1.29, 1.82) is 0 Å². The Hall–Kier alpha value is -2.14. The summed E-state index contributed by atoms with van der Waals surface area (Å²) >= 11 is 0. The quantitative estimate of drug-likeness (QED) is 0.887. The summed E-state index contributed by atoms with van der Waals surface area (Å²) in [6.45, 7) is 8.54. The predicted octanol–water partition coefficient (Wildman–Crippen LogP) is 2.91. The molecule has 0 atom stereocenters. The Morgan fingerprint density at radius 2 is 1.79 bits per heavy atom. The number of carbonyl (C=O) groups excluding carboxylic acids is 1. The molecule has 0 unspecified atom stereocenters. The molecule has 5 nitrogen and oxygen atoms in total. The molecule has 0 fully saturated rings. The number of H-pyrrole nitrogens is 1. The van der Waals surface area contributed by atoms with Crippen molar-refractivity contribution in [1.82, 2.24) is 19.8 Å². The van der Waals surface area contributed by atoms with E-state index in [0.29, 0.717) is 13.1 Å². The Kier molecular flexibility index (Phi) is 5.78. The van der Waals surface area contributed by atoms with E-state index in [9.17, 15) is 4.79 Å². The Balaban J connectivity index is 2.16. The highest BCUT2D eigenvalue weighted by atomic mass is 16.2. The van der Waals surface area contributed by atoms with Crippen LogP contribution in [0.1, 0.15) is 42.4 Å². The molecule has 0 spiro atoms. The van der Waals surface area contributed by atoms with E-state index in [4.69, 9.17) is 0 Å². The summed E-state index contributed by atoms with van der Waals surface area (Å²) in [5, 5.41) is 0. The van der Waals surface area contributed by atoms with Crippen LogP contribution in [0, 0.1) is 0 Å². The molecule has 1 heterocycles. The summed E-state index contributed by atoms with van der Waals surface area (Å²) in [6, 6.07) is 7.96. The van der Waals surface area contributed by atoms with Gasteiger partial charge in [0.25, 0.3) is 5.91 Å². The number of carbonyl (C=O) groups is 1. The van der Waals surface area contributed by atoms with Gasteiger partial charge in [0.15, 0.2) is 0 Å². The molecule has 2 rings (SSSR count). The molecule has 1 aromatic carbocycles. The number of hydrogen-bond acceptors (Lipinski definition) is 3. The highest BCUT2D eigenvalue weighted by Gasteiger charge is 2.19. The van der Waals surface area contributed by atoms with Crippen LogP contribution in [0.2, 0.25) is 0 Å². The Labute approximate surface area is 144 Å². The van der Waals surface area contributed by atoms with Crippen LogP contribution in [0.15, 0.2) is 36.8 Å².